The Morgan fingerprint density at radius 2 is 1.68 bits per heavy atom. The smallest absolute Gasteiger partial charge is 0.307 e. The molecule has 13 heteroatoms. The molecule has 266 valence electrons. The van der Waals surface area contributed by atoms with Crippen LogP contribution in [0.2, 0.25) is 0 Å². The van der Waals surface area contributed by atoms with Gasteiger partial charge in [0.2, 0.25) is 5.91 Å². The van der Waals surface area contributed by atoms with E-state index in [4.69, 9.17) is 5.73 Å². The number of Topliss-reactive ketones (excluding diaryl/α,β-unsaturated/α-hetero) is 1. The molecule has 0 radical (unpaired) electrons. The highest BCUT2D eigenvalue weighted by atomic mass is 32.2. The zero-order chi connectivity index (χ0) is 36.6. The van der Waals surface area contributed by atoms with Crippen LogP contribution in [0.15, 0.2) is 72.9 Å². The highest BCUT2D eigenvalue weighted by molar-refractivity contribution is 7.99. The maximum absolute atomic E-state index is 15.0. The summed E-state index contributed by atoms with van der Waals surface area (Å²) in [5, 5.41) is 9.82. The van der Waals surface area contributed by atoms with Crippen LogP contribution >= 0.6 is 11.8 Å². The number of imide groups is 1. The molecule has 3 amide bonds. The number of nitrogens with zero attached hydrogens (tertiary/aromatic N) is 3. The number of nitrogens with two attached hydrogens (primary N) is 1. The molecule has 1 aliphatic rings. The topological polar surface area (TPSA) is 143 Å². The van der Waals surface area contributed by atoms with Gasteiger partial charge in [-0.25, -0.2) is 8.78 Å². The normalized spacial score (nSPS) is 14.2. The first-order chi connectivity index (χ1) is 23.7. The Hall–Kier alpha value is -4.62. The summed E-state index contributed by atoms with van der Waals surface area (Å²) in [6.07, 6.45) is 3.91. The number of hydrogen-bond donors (Lipinski definition) is 2. The largest absolute Gasteiger partial charge is 0.481 e. The maximum Gasteiger partial charge on any atom is 0.307 e. The quantitative estimate of drug-likeness (QED) is 0.185. The van der Waals surface area contributed by atoms with E-state index in [9.17, 15) is 33.5 Å². The summed E-state index contributed by atoms with van der Waals surface area (Å²) in [6, 6.07) is 14.1. The number of aromatic nitrogens is 1. The van der Waals surface area contributed by atoms with Crippen molar-refractivity contribution in [2.24, 2.45) is 17.1 Å². The van der Waals surface area contributed by atoms with Crippen LogP contribution in [-0.4, -0.2) is 80.1 Å². The molecule has 0 saturated carbocycles. The summed E-state index contributed by atoms with van der Waals surface area (Å²) in [7, 11) is 0. The third-order valence-corrected chi connectivity index (χ3v) is 9.39. The second-order valence-electron chi connectivity index (χ2n) is 13.3. The predicted molar refractivity (Wildman–Crippen MR) is 187 cm³/mol. The van der Waals surface area contributed by atoms with E-state index in [0.29, 0.717) is 30.8 Å². The van der Waals surface area contributed by atoms with E-state index >= 15 is 4.39 Å². The molecule has 0 unspecified atom stereocenters. The standard InChI is InChI=1S/C37H42F2N4O6S/c1-37(2,3)35(31-17-25(29-18-27(38)10-11-30(29)39)20-41(31)19-24-8-5-4-6-9-24)42(15-7-14-40)34(47)23-50-22-26(36(48)49)16-28(44)21-43-32(45)12-13-33(43)46/h4-6,8-13,17-18,20,26,35H,7,14-16,19,21-23,40H2,1-3H3,(H,48,49)/t26-,35-/m0/s1. The predicted octanol–water partition coefficient (Wildman–Crippen LogP) is 5.06. The minimum atomic E-state index is -1.24. The van der Waals surface area contributed by atoms with Crippen LogP contribution < -0.4 is 5.73 Å². The molecule has 2 aromatic carbocycles. The molecule has 2 atom stereocenters. The molecule has 3 aromatic rings. The van der Waals surface area contributed by atoms with Crippen molar-refractivity contribution in [3.63, 3.8) is 0 Å². The number of hydrogen-bond acceptors (Lipinski definition) is 7. The van der Waals surface area contributed by atoms with Gasteiger partial charge in [-0.05, 0) is 48.2 Å². The van der Waals surface area contributed by atoms with Crippen LogP contribution in [0.25, 0.3) is 11.1 Å². The van der Waals surface area contributed by atoms with E-state index in [0.717, 1.165) is 52.6 Å². The first-order valence-corrected chi connectivity index (χ1v) is 17.4. The fourth-order valence-electron chi connectivity index (χ4n) is 5.96. The van der Waals surface area contributed by atoms with Crippen molar-refractivity contribution < 1.29 is 37.9 Å². The molecule has 3 N–H and O–H groups in total. The van der Waals surface area contributed by atoms with Gasteiger partial charge in [-0.15, -0.1) is 0 Å². The fraction of sp³-hybridized carbons (Fsp3) is 0.378. The van der Waals surface area contributed by atoms with Crippen molar-refractivity contribution in [3.8, 4) is 11.1 Å². The van der Waals surface area contributed by atoms with Gasteiger partial charge in [0, 0.05) is 60.4 Å². The number of thioether (sulfide) groups is 1. The molecule has 50 heavy (non-hydrogen) atoms. The van der Waals surface area contributed by atoms with Crippen LogP contribution in [-0.2, 0) is 30.5 Å². The molecular weight excluding hydrogens is 666 g/mol. The number of carbonyl (C=O) groups is 5. The SMILES string of the molecule is CC(C)(C)[C@H](c1cc(-c2cc(F)ccc2F)cn1Cc1ccccc1)N(CCCN)C(=O)CSC[C@H](CC(=O)CN1C(=O)C=CC1=O)C(=O)O. The summed E-state index contributed by atoms with van der Waals surface area (Å²) in [5.74, 6) is -5.87. The lowest BCUT2D eigenvalue weighted by Gasteiger charge is -2.41. The second-order valence-corrected chi connectivity index (χ2v) is 14.3. The molecule has 0 fully saturated rings. The number of amides is 3. The van der Waals surface area contributed by atoms with Gasteiger partial charge in [-0.2, -0.15) is 11.8 Å². The zero-order valence-electron chi connectivity index (χ0n) is 28.3. The minimum Gasteiger partial charge on any atom is -0.481 e. The van der Waals surface area contributed by atoms with Crippen LogP contribution in [0.4, 0.5) is 8.78 Å². The van der Waals surface area contributed by atoms with Gasteiger partial charge >= 0.3 is 5.97 Å². The Balaban J connectivity index is 1.60. The van der Waals surface area contributed by atoms with Crippen LogP contribution in [0.3, 0.4) is 0 Å². The summed E-state index contributed by atoms with van der Waals surface area (Å²) in [4.78, 5) is 64.8. The van der Waals surface area contributed by atoms with Crippen molar-refractivity contribution in [3.05, 3.63) is 95.8 Å². The lowest BCUT2D eigenvalue weighted by molar-refractivity contribution is -0.144. The monoisotopic (exact) mass is 708 g/mol. The summed E-state index contributed by atoms with van der Waals surface area (Å²) >= 11 is 1.07. The third kappa shape index (κ3) is 9.75. The Labute approximate surface area is 294 Å². The number of carboxylic acids is 1. The van der Waals surface area contributed by atoms with Crippen molar-refractivity contribution in [2.75, 3.05) is 31.1 Å². The van der Waals surface area contributed by atoms with Crippen molar-refractivity contribution in [2.45, 2.75) is 46.2 Å². The number of halogens is 2. The Kier molecular flexibility index (Phi) is 12.9. The number of ketones is 1. The first kappa shape index (κ1) is 38.2. The second kappa shape index (κ2) is 16.9. The van der Waals surface area contributed by atoms with Gasteiger partial charge in [-0.1, -0.05) is 51.1 Å². The van der Waals surface area contributed by atoms with Crippen molar-refractivity contribution >= 4 is 41.2 Å². The molecule has 0 aliphatic carbocycles. The molecule has 0 bridgehead atoms. The Morgan fingerprint density at radius 1 is 1.00 bits per heavy atom. The highest BCUT2D eigenvalue weighted by Gasteiger charge is 2.37. The molecule has 1 aromatic heterocycles. The Morgan fingerprint density at radius 3 is 2.30 bits per heavy atom. The Bertz CT molecular complexity index is 1740. The van der Waals surface area contributed by atoms with E-state index < -0.39 is 65.5 Å². The van der Waals surface area contributed by atoms with Crippen LogP contribution in [0.1, 0.15) is 50.9 Å². The van der Waals surface area contributed by atoms with E-state index in [2.05, 4.69) is 0 Å². The average molecular weight is 709 g/mol. The highest BCUT2D eigenvalue weighted by Crippen LogP contribution is 2.41. The summed E-state index contributed by atoms with van der Waals surface area (Å²) < 4.78 is 31.3. The van der Waals surface area contributed by atoms with Crippen LogP contribution in [0.5, 0.6) is 0 Å². The molecule has 0 spiro atoms. The van der Waals surface area contributed by atoms with E-state index in [-0.39, 0.29) is 29.5 Å². The number of carboxylic acid groups (broad SMARTS) is 1. The van der Waals surface area contributed by atoms with Gasteiger partial charge in [0.05, 0.1) is 24.3 Å². The number of benzene rings is 2. The van der Waals surface area contributed by atoms with E-state index in [1.165, 1.54) is 0 Å². The lowest BCUT2D eigenvalue weighted by Crippen LogP contribution is -2.44. The number of carbonyl (C=O) groups excluding carboxylic acids is 4. The van der Waals surface area contributed by atoms with Gasteiger partial charge in [0.1, 0.15) is 11.6 Å². The maximum atomic E-state index is 15.0. The number of aliphatic carboxylic acids is 1. The third-order valence-electron chi connectivity index (χ3n) is 8.30. The van der Waals surface area contributed by atoms with E-state index in [1.54, 1.807) is 17.2 Å². The van der Waals surface area contributed by atoms with E-state index in [1.807, 2.05) is 55.7 Å². The fourth-order valence-corrected chi connectivity index (χ4v) is 6.97. The lowest BCUT2D eigenvalue weighted by atomic mass is 9.83. The van der Waals surface area contributed by atoms with Gasteiger partial charge < -0.3 is 20.3 Å². The number of rotatable bonds is 17. The molecule has 4 rings (SSSR count). The van der Waals surface area contributed by atoms with Crippen molar-refractivity contribution in [1.29, 1.82) is 0 Å². The van der Waals surface area contributed by atoms with Crippen LogP contribution in [0, 0.1) is 23.0 Å². The van der Waals surface area contributed by atoms with Gasteiger partial charge in [0.15, 0.2) is 5.78 Å². The summed E-state index contributed by atoms with van der Waals surface area (Å²) in [6.45, 7) is 6.40. The molecule has 1 aliphatic heterocycles. The van der Waals surface area contributed by atoms with Crippen molar-refractivity contribution in [1.82, 2.24) is 14.4 Å². The molecule has 2 heterocycles. The summed E-state index contributed by atoms with van der Waals surface area (Å²) in [5.41, 5.74) is 7.53. The molecule has 0 saturated heterocycles. The van der Waals surface area contributed by atoms with Gasteiger partial charge in [0.25, 0.3) is 11.8 Å². The average Bonchev–Trinajstić information content (AvgIpc) is 3.60. The zero-order valence-corrected chi connectivity index (χ0v) is 29.1. The first-order valence-electron chi connectivity index (χ1n) is 16.2. The minimum absolute atomic E-state index is 0.0642. The molecule has 10 nitrogen and oxygen atoms in total. The van der Waals surface area contributed by atoms with Gasteiger partial charge in [-0.3, -0.25) is 28.9 Å². The molecular formula is C37H42F2N4O6S.